The Morgan fingerprint density at radius 1 is 1.56 bits per heavy atom. The molecule has 0 N–H and O–H groups in total. The summed E-state index contributed by atoms with van der Waals surface area (Å²) in [5.41, 5.74) is 1.16. The zero-order valence-corrected chi connectivity index (χ0v) is 5.76. The molecule has 0 saturated heterocycles. The fraction of sp³-hybridized carbons (Fsp3) is 0.500. The summed E-state index contributed by atoms with van der Waals surface area (Å²) in [6.45, 7) is 3.87. The Morgan fingerprint density at radius 2 is 2.22 bits per heavy atom. The molecule has 1 aliphatic rings. The van der Waals surface area contributed by atoms with Crippen LogP contribution in [-0.2, 0) is 0 Å². The lowest BCUT2D eigenvalue weighted by molar-refractivity contribution is 0.333. The maximum atomic E-state index is 12.6. The van der Waals surface area contributed by atoms with Crippen molar-refractivity contribution in [2.75, 3.05) is 0 Å². The topological polar surface area (TPSA) is 0 Å². The van der Waals surface area contributed by atoms with Gasteiger partial charge in [0.25, 0.3) is 0 Å². The number of allylic oxidation sites excluding steroid dienone is 4. The Bertz CT molecular complexity index is 156. The van der Waals surface area contributed by atoms with Gasteiger partial charge in [-0.2, -0.15) is 0 Å². The maximum Gasteiger partial charge on any atom is 0.125 e. The molecule has 0 radical (unpaired) electrons. The summed E-state index contributed by atoms with van der Waals surface area (Å²) >= 11 is 0. The minimum atomic E-state index is -0.770. The smallest absolute Gasteiger partial charge is 0.125 e. The van der Waals surface area contributed by atoms with Gasteiger partial charge in [-0.05, 0) is 13.0 Å². The van der Waals surface area contributed by atoms with E-state index in [9.17, 15) is 4.39 Å². The maximum absolute atomic E-state index is 12.6. The first-order valence-electron chi connectivity index (χ1n) is 3.21. The van der Waals surface area contributed by atoms with Gasteiger partial charge >= 0.3 is 0 Å². The van der Waals surface area contributed by atoms with E-state index in [1.165, 1.54) is 0 Å². The molecule has 0 saturated carbocycles. The first-order valence-corrected chi connectivity index (χ1v) is 3.21. The second-order valence-corrected chi connectivity index (χ2v) is 2.57. The van der Waals surface area contributed by atoms with Crippen LogP contribution in [0.5, 0.6) is 0 Å². The molecule has 0 aromatic carbocycles. The summed E-state index contributed by atoms with van der Waals surface area (Å²) in [4.78, 5) is 0. The van der Waals surface area contributed by atoms with Crippen molar-refractivity contribution in [1.29, 1.82) is 0 Å². The van der Waals surface area contributed by atoms with E-state index in [2.05, 4.69) is 0 Å². The highest BCUT2D eigenvalue weighted by atomic mass is 19.1. The molecule has 0 aliphatic heterocycles. The van der Waals surface area contributed by atoms with Crippen molar-refractivity contribution < 1.29 is 4.39 Å². The Labute approximate surface area is 55.1 Å². The van der Waals surface area contributed by atoms with Crippen molar-refractivity contribution >= 4 is 0 Å². The summed E-state index contributed by atoms with van der Waals surface area (Å²) in [5.74, 6) is 0.0648. The van der Waals surface area contributed by atoms with Crippen LogP contribution in [0.4, 0.5) is 4.39 Å². The third kappa shape index (κ3) is 1.41. The highest BCUT2D eigenvalue weighted by Crippen LogP contribution is 2.18. The van der Waals surface area contributed by atoms with Crippen molar-refractivity contribution in [3.05, 3.63) is 23.8 Å². The molecule has 0 amide bonds. The second-order valence-electron chi connectivity index (χ2n) is 2.57. The van der Waals surface area contributed by atoms with Gasteiger partial charge in [-0.1, -0.05) is 24.6 Å². The van der Waals surface area contributed by atoms with Gasteiger partial charge in [0.05, 0.1) is 0 Å². The van der Waals surface area contributed by atoms with Crippen LogP contribution >= 0.6 is 0 Å². The van der Waals surface area contributed by atoms with Crippen molar-refractivity contribution in [3.63, 3.8) is 0 Å². The van der Waals surface area contributed by atoms with E-state index in [0.29, 0.717) is 0 Å². The van der Waals surface area contributed by atoms with E-state index in [1.807, 2.05) is 26.0 Å². The van der Waals surface area contributed by atoms with Gasteiger partial charge in [-0.3, -0.25) is 0 Å². The minimum Gasteiger partial charge on any atom is -0.242 e. The summed E-state index contributed by atoms with van der Waals surface area (Å²) in [5, 5.41) is 0. The van der Waals surface area contributed by atoms with E-state index in [1.54, 1.807) is 6.08 Å². The van der Waals surface area contributed by atoms with Crippen LogP contribution in [0.2, 0.25) is 0 Å². The van der Waals surface area contributed by atoms with Crippen molar-refractivity contribution in [2.45, 2.75) is 20.0 Å². The minimum absolute atomic E-state index is 0.0648. The molecule has 1 heteroatoms. The molecular weight excluding hydrogens is 115 g/mol. The fourth-order valence-electron chi connectivity index (χ4n) is 0.981. The second kappa shape index (κ2) is 2.34. The van der Waals surface area contributed by atoms with Crippen LogP contribution < -0.4 is 0 Å². The van der Waals surface area contributed by atoms with Crippen LogP contribution in [0.1, 0.15) is 13.8 Å². The highest BCUT2D eigenvalue weighted by Gasteiger charge is 2.12. The highest BCUT2D eigenvalue weighted by molar-refractivity contribution is 5.23. The SMILES string of the molecule is CC1=C[C@@H](C)C(F)C=C1. The predicted molar refractivity (Wildman–Crippen MR) is 37.0 cm³/mol. The lowest BCUT2D eigenvalue weighted by Crippen LogP contribution is -2.09. The van der Waals surface area contributed by atoms with Gasteiger partial charge in [-0.15, -0.1) is 0 Å². The van der Waals surface area contributed by atoms with E-state index >= 15 is 0 Å². The Kier molecular flexibility index (Phi) is 1.70. The van der Waals surface area contributed by atoms with Crippen LogP contribution in [0.25, 0.3) is 0 Å². The molecule has 2 atom stereocenters. The molecule has 0 aromatic heterocycles. The van der Waals surface area contributed by atoms with Gasteiger partial charge in [0.1, 0.15) is 6.17 Å². The van der Waals surface area contributed by atoms with Crippen molar-refractivity contribution in [1.82, 2.24) is 0 Å². The number of hydrogen-bond donors (Lipinski definition) is 0. The molecule has 9 heavy (non-hydrogen) atoms. The monoisotopic (exact) mass is 126 g/mol. The lowest BCUT2D eigenvalue weighted by Gasteiger charge is -2.13. The van der Waals surface area contributed by atoms with E-state index < -0.39 is 6.17 Å². The quantitative estimate of drug-likeness (QED) is 0.467. The summed E-state index contributed by atoms with van der Waals surface area (Å²) < 4.78 is 12.6. The lowest BCUT2D eigenvalue weighted by atomic mass is 9.97. The summed E-state index contributed by atoms with van der Waals surface area (Å²) in [6.07, 6.45) is 4.61. The molecule has 0 aromatic rings. The number of rotatable bonds is 0. The van der Waals surface area contributed by atoms with Gasteiger partial charge < -0.3 is 0 Å². The third-order valence-corrected chi connectivity index (χ3v) is 1.57. The number of hydrogen-bond acceptors (Lipinski definition) is 0. The fourth-order valence-corrected chi connectivity index (χ4v) is 0.981. The largest absolute Gasteiger partial charge is 0.242 e. The first-order chi connectivity index (χ1) is 4.20. The van der Waals surface area contributed by atoms with E-state index in [-0.39, 0.29) is 5.92 Å². The molecule has 1 unspecified atom stereocenters. The molecule has 0 bridgehead atoms. The van der Waals surface area contributed by atoms with Crippen LogP contribution in [0, 0.1) is 5.92 Å². The van der Waals surface area contributed by atoms with Crippen LogP contribution in [0.15, 0.2) is 23.8 Å². The molecule has 1 aliphatic carbocycles. The summed E-state index contributed by atoms with van der Waals surface area (Å²) in [7, 11) is 0. The standard InChI is InChI=1S/C8H11F/c1-6-3-4-8(9)7(2)5-6/h3-5,7-8H,1-2H3/t7-,8?/m1/s1. The van der Waals surface area contributed by atoms with Crippen LogP contribution in [-0.4, -0.2) is 6.17 Å². The molecule has 50 valence electrons. The van der Waals surface area contributed by atoms with Crippen molar-refractivity contribution in [2.24, 2.45) is 5.92 Å². The van der Waals surface area contributed by atoms with Gasteiger partial charge in [-0.25, -0.2) is 4.39 Å². The molecule has 0 heterocycles. The average Bonchev–Trinajstić information content (AvgIpc) is 1.80. The van der Waals surface area contributed by atoms with Gasteiger partial charge in [0.2, 0.25) is 0 Å². The molecule has 1 rings (SSSR count). The van der Waals surface area contributed by atoms with Gasteiger partial charge in [0, 0.05) is 5.92 Å². The molecule has 0 fully saturated rings. The first kappa shape index (κ1) is 6.53. The molecular formula is C8H11F. The Balaban J connectivity index is 2.70. The zero-order valence-electron chi connectivity index (χ0n) is 5.76. The normalized spacial score (nSPS) is 34.3. The molecule has 0 nitrogen and oxygen atoms in total. The van der Waals surface area contributed by atoms with Crippen molar-refractivity contribution in [3.8, 4) is 0 Å². The van der Waals surface area contributed by atoms with E-state index in [4.69, 9.17) is 0 Å². The van der Waals surface area contributed by atoms with Crippen LogP contribution in [0.3, 0.4) is 0 Å². The van der Waals surface area contributed by atoms with E-state index in [0.717, 1.165) is 5.57 Å². The predicted octanol–water partition coefficient (Wildman–Crippen LogP) is 2.48. The average molecular weight is 126 g/mol. The Hall–Kier alpha value is -0.590. The number of alkyl halides is 1. The number of halogens is 1. The third-order valence-electron chi connectivity index (χ3n) is 1.57. The summed E-state index contributed by atoms with van der Waals surface area (Å²) in [6, 6.07) is 0. The van der Waals surface area contributed by atoms with Gasteiger partial charge in [0.15, 0.2) is 0 Å². The molecule has 0 spiro atoms. The zero-order chi connectivity index (χ0) is 6.85. The Morgan fingerprint density at radius 3 is 2.67 bits per heavy atom.